The van der Waals surface area contributed by atoms with E-state index in [0.29, 0.717) is 12.1 Å². The van der Waals surface area contributed by atoms with Crippen molar-refractivity contribution >= 4 is 0 Å². The van der Waals surface area contributed by atoms with Gasteiger partial charge in [-0.05, 0) is 52.1 Å². The molecule has 0 amide bonds. The van der Waals surface area contributed by atoms with Crippen LogP contribution in [0.5, 0.6) is 0 Å². The van der Waals surface area contributed by atoms with E-state index < -0.39 is 0 Å². The largest absolute Gasteiger partial charge is 0.313 e. The van der Waals surface area contributed by atoms with E-state index in [-0.39, 0.29) is 0 Å². The lowest BCUT2D eigenvalue weighted by molar-refractivity contribution is 0.176. The molecule has 15 heavy (non-hydrogen) atoms. The highest BCUT2D eigenvalue weighted by Gasteiger charge is 2.27. The Hall–Kier alpha value is -0.0800. The molecule has 2 heteroatoms. The lowest BCUT2D eigenvalue weighted by Gasteiger charge is -2.33. The first-order valence-corrected chi connectivity index (χ1v) is 6.66. The summed E-state index contributed by atoms with van der Waals surface area (Å²) >= 11 is 0. The van der Waals surface area contributed by atoms with Crippen LogP contribution in [0.1, 0.15) is 47.0 Å². The van der Waals surface area contributed by atoms with Gasteiger partial charge in [0, 0.05) is 18.6 Å². The highest BCUT2D eigenvalue weighted by atomic mass is 15.2. The molecule has 0 aromatic carbocycles. The second-order valence-electron chi connectivity index (χ2n) is 5.01. The lowest BCUT2D eigenvalue weighted by atomic mass is 10.1. The van der Waals surface area contributed by atoms with Crippen molar-refractivity contribution in [1.29, 1.82) is 0 Å². The van der Waals surface area contributed by atoms with Crippen LogP contribution in [0.2, 0.25) is 0 Å². The molecule has 0 aliphatic heterocycles. The van der Waals surface area contributed by atoms with Crippen LogP contribution in [0.15, 0.2) is 0 Å². The first-order chi connectivity index (χ1) is 7.19. The van der Waals surface area contributed by atoms with Crippen LogP contribution in [-0.4, -0.2) is 36.6 Å². The molecule has 0 spiro atoms. The summed E-state index contributed by atoms with van der Waals surface area (Å²) in [5.41, 5.74) is 0. The van der Waals surface area contributed by atoms with Gasteiger partial charge in [-0.3, -0.25) is 4.90 Å². The van der Waals surface area contributed by atoms with Crippen LogP contribution in [0.25, 0.3) is 0 Å². The molecule has 1 N–H and O–H groups in total. The maximum atomic E-state index is 3.60. The molecule has 1 aliphatic rings. The quantitative estimate of drug-likeness (QED) is 0.665. The molecular weight excluding hydrogens is 184 g/mol. The molecule has 0 aromatic heterocycles. The minimum absolute atomic E-state index is 0.614. The van der Waals surface area contributed by atoms with E-state index in [0.717, 1.165) is 12.5 Å². The van der Waals surface area contributed by atoms with Gasteiger partial charge in [-0.25, -0.2) is 0 Å². The van der Waals surface area contributed by atoms with Gasteiger partial charge in [0.1, 0.15) is 0 Å². The predicted octanol–water partition coefficient (Wildman–Crippen LogP) is 2.49. The number of nitrogens with one attached hydrogen (secondary N) is 1. The molecule has 1 aliphatic carbocycles. The zero-order valence-electron chi connectivity index (χ0n) is 10.9. The van der Waals surface area contributed by atoms with Crippen LogP contribution >= 0.6 is 0 Å². The van der Waals surface area contributed by atoms with Gasteiger partial charge in [0.05, 0.1) is 0 Å². The Morgan fingerprint density at radius 1 is 1.27 bits per heavy atom. The Bertz CT molecular complexity index is 166. The van der Waals surface area contributed by atoms with Gasteiger partial charge >= 0.3 is 0 Å². The van der Waals surface area contributed by atoms with Gasteiger partial charge in [0.25, 0.3) is 0 Å². The Balaban J connectivity index is 2.28. The molecule has 0 radical (unpaired) electrons. The average molecular weight is 212 g/mol. The molecule has 0 aromatic rings. The number of rotatable bonds is 8. The molecule has 1 rings (SSSR count). The first kappa shape index (κ1) is 13.0. The number of likely N-dealkylation sites (N-methyl/N-ethyl adjacent to an activating group) is 1. The molecule has 1 fully saturated rings. The van der Waals surface area contributed by atoms with E-state index in [4.69, 9.17) is 0 Å². The zero-order chi connectivity index (χ0) is 11.3. The standard InChI is InChI=1S/C13H28N2/c1-5-9-14-11(3)12(4)15(6-2)10-13-7-8-13/h11-14H,5-10H2,1-4H3. The van der Waals surface area contributed by atoms with Crippen molar-refractivity contribution in [3.63, 3.8) is 0 Å². The summed E-state index contributed by atoms with van der Waals surface area (Å²) in [5.74, 6) is 1.01. The summed E-state index contributed by atoms with van der Waals surface area (Å²) in [4.78, 5) is 2.63. The number of nitrogens with zero attached hydrogens (tertiary/aromatic N) is 1. The smallest absolute Gasteiger partial charge is 0.0218 e. The SMILES string of the molecule is CCCNC(C)C(C)N(CC)CC1CC1. The fourth-order valence-electron chi connectivity index (χ4n) is 2.07. The molecule has 2 unspecified atom stereocenters. The van der Waals surface area contributed by atoms with Crippen LogP contribution in [0.4, 0.5) is 0 Å². The van der Waals surface area contributed by atoms with E-state index in [1.54, 1.807) is 0 Å². The lowest BCUT2D eigenvalue weighted by Crippen LogP contribution is -2.47. The summed E-state index contributed by atoms with van der Waals surface area (Å²) in [6.07, 6.45) is 4.14. The normalized spacial score (nSPS) is 20.6. The fraction of sp³-hybridized carbons (Fsp3) is 1.00. The number of hydrogen-bond acceptors (Lipinski definition) is 2. The highest BCUT2D eigenvalue weighted by molar-refractivity contribution is 4.83. The monoisotopic (exact) mass is 212 g/mol. The van der Waals surface area contributed by atoms with E-state index >= 15 is 0 Å². The van der Waals surface area contributed by atoms with Gasteiger partial charge in [0.2, 0.25) is 0 Å². The second kappa shape index (κ2) is 6.49. The van der Waals surface area contributed by atoms with Crippen LogP contribution in [-0.2, 0) is 0 Å². The summed E-state index contributed by atoms with van der Waals surface area (Å²) in [6, 6.07) is 1.28. The van der Waals surface area contributed by atoms with E-state index in [9.17, 15) is 0 Å². The first-order valence-electron chi connectivity index (χ1n) is 6.66. The maximum absolute atomic E-state index is 3.60. The van der Waals surface area contributed by atoms with Crippen molar-refractivity contribution in [3.05, 3.63) is 0 Å². The van der Waals surface area contributed by atoms with E-state index in [1.807, 2.05) is 0 Å². The summed E-state index contributed by atoms with van der Waals surface area (Å²) in [6.45, 7) is 12.8. The molecule has 2 atom stereocenters. The van der Waals surface area contributed by atoms with Gasteiger partial charge in [-0.15, -0.1) is 0 Å². The highest BCUT2D eigenvalue weighted by Crippen LogP contribution is 2.30. The van der Waals surface area contributed by atoms with Crippen molar-refractivity contribution in [3.8, 4) is 0 Å². The Morgan fingerprint density at radius 3 is 2.40 bits per heavy atom. The third-order valence-electron chi connectivity index (χ3n) is 3.61. The van der Waals surface area contributed by atoms with Gasteiger partial charge < -0.3 is 5.32 Å². The van der Waals surface area contributed by atoms with Gasteiger partial charge in [0.15, 0.2) is 0 Å². The molecule has 1 saturated carbocycles. The third-order valence-corrected chi connectivity index (χ3v) is 3.61. The molecular formula is C13H28N2. The fourth-order valence-corrected chi connectivity index (χ4v) is 2.07. The van der Waals surface area contributed by atoms with E-state index in [1.165, 1.54) is 32.4 Å². The van der Waals surface area contributed by atoms with Crippen molar-refractivity contribution in [1.82, 2.24) is 10.2 Å². The Morgan fingerprint density at radius 2 is 1.93 bits per heavy atom. The van der Waals surface area contributed by atoms with Crippen molar-refractivity contribution < 1.29 is 0 Å². The van der Waals surface area contributed by atoms with Crippen LogP contribution in [0.3, 0.4) is 0 Å². The molecule has 0 bridgehead atoms. The Kier molecular flexibility index (Phi) is 5.62. The minimum atomic E-state index is 0.614. The zero-order valence-corrected chi connectivity index (χ0v) is 10.9. The maximum Gasteiger partial charge on any atom is 0.0218 e. The van der Waals surface area contributed by atoms with Crippen molar-refractivity contribution in [2.24, 2.45) is 5.92 Å². The summed E-state index contributed by atoms with van der Waals surface area (Å²) < 4.78 is 0. The van der Waals surface area contributed by atoms with Gasteiger partial charge in [-0.2, -0.15) is 0 Å². The van der Waals surface area contributed by atoms with Crippen molar-refractivity contribution in [2.75, 3.05) is 19.6 Å². The molecule has 0 saturated heterocycles. The molecule has 2 nitrogen and oxygen atoms in total. The third kappa shape index (κ3) is 4.52. The average Bonchev–Trinajstić information content (AvgIpc) is 3.05. The van der Waals surface area contributed by atoms with E-state index in [2.05, 4.69) is 37.9 Å². The predicted molar refractivity (Wildman–Crippen MR) is 67.2 cm³/mol. The van der Waals surface area contributed by atoms with Crippen molar-refractivity contribution in [2.45, 2.75) is 59.0 Å². The summed E-state index contributed by atoms with van der Waals surface area (Å²) in [7, 11) is 0. The van der Waals surface area contributed by atoms with Gasteiger partial charge in [-0.1, -0.05) is 13.8 Å². The second-order valence-corrected chi connectivity index (χ2v) is 5.01. The minimum Gasteiger partial charge on any atom is -0.313 e. The summed E-state index contributed by atoms with van der Waals surface area (Å²) in [5, 5.41) is 3.60. The topological polar surface area (TPSA) is 15.3 Å². The van der Waals surface area contributed by atoms with Crippen LogP contribution < -0.4 is 5.32 Å². The molecule has 0 heterocycles. The Labute approximate surface area is 95.4 Å². The molecule has 90 valence electrons. The van der Waals surface area contributed by atoms with Crippen LogP contribution in [0, 0.1) is 5.92 Å². The number of hydrogen-bond donors (Lipinski definition) is 1.